The van der Waals surface area contributed by atoms with Crippen LogP contribution in [-0.4, -0.2) is 36.8 Å². The van der Waals surface area contributed by atoms with Gasteiger partial charge in [0.1, 0.15) is 17.6 Å². The SMILES string of the molecule is N#Cc1ccc(C(F)(F)F)nc1NC1CCN(S(=O)(=O)Cc2ccccc2)CC1. The van der Waals surface area contributed by atoms with Crippen LogP contribution in [0.2, 0.25) is 0 Å². The van der Waals surface area contributed by atoms with Gasteiger partial charge in [0, 0.05) is 19.1 Å². The number of halogens is 3. The zero-order valence-electron chi connectivity index (χ0n) is 15.4. The molecule has 1 fully saturated rings. The highest BCUT2D eigenvalue weighted by molar-refractivity contribution is 7.88. The molecule has 1 aromatic heterocycles. The summed E-state index contributed by atoms with van der Waals surface area (Å²) in [7, 11) is -3.48. The summed E-state index contributed by atoms with van der Waals surface area (Å²) >= 11 is 0. The van der Waals surface area contributed by atoms with E-state index in [1.54, 1.807) is 24.3 Å². The maximum absolute atomic E-state index is 12.9. The lowest BCUT2D eigenvalue weighted by Crippen LogP contribution is -2.43. The van der Waals surface area contributed by atoms with E-state index in [2.05, 4.69) is 10.3 Å². The topological polar surface area (TPSA) is 86.1 Å². The highest BCUT2D eigenvalue weighted by Gasteiger charge is 2.34. The highest BCUT2D eigenvalue weighted by atomic mass is 32.2. The van der Waals surface area contributed by atoms with Gasteiger partial charge in [0.25, 0.3) is 0 Å². The summed E-state index contributed by atoms with van der Waals surface area (Å²) in [4.78, 5) is 3.54. The fraction of sp³-hybridized carbons (Fsp3) is 0.368. The van der Waals surface area contributed by atoms with Gasteiger partial charge < -0.3 is 5.32 Å². The smallest absolute Gasteiger partial charge is 0.366 e. The number of aromatic nitrogens is 1. The first-order chi connectivity index (χ1) is 13.7. The molecule has 154 valence electrons. The number of alkyl halides is 3. The molecule has 1 aliphatic heterocycles. The molecule has 0 unspecified atom stereocenters. The van der Waals surface area contributed by atoms with Crippen LogP contribution in [0.5, 0.6) is 0 Å². The normalized spacial score (nSPS) is 16.3. The molecule has 1 aliphatic rings. The van der Waals surface area contributed by atoms with Crippen molar-refractivity contribution in [2.75, 3.05) is 18.4 Å². The largest absolute Gasteiger partial charge is 0.433 e. The number of nitriles is 1. The Labute approximate surface area is 167 Å². The molecule has 0 saturated carbocycles. The summed E-state index contributed by atoms with van der Waals surface area (Å²) in [6.07, 6.45) is -3.81. The van der Waals surface area contributed by atoms with Gasteiger partial charge in [0.15, 0.2) is 0 Å². The number of nitrogens with zero attached hydrogens (tertiary/aromatic N) is 3. The molecule has 0 radical (unpaired) electrons. The van der Waals surface area contributed by atoms with Crippen molar-refractivity contribution in [3.05, 3.63) is 59.3 Å². The summed E-state index contributed by atoms with van der Waals surface area (Å²) in [5.74, 6) is -0.229. The first kappa shape index (κ1) is 21.1. The zero-order chi connectivity index (χ0) is 21.1. The minimum Gasteiger partial charge on any atom is -0.366 e. The van der Waals surface area contributed by atoms with Crippen molar-refractivity contribution in [1.82, 2.24) is 9.29 Å². The molecule has 0 spiro atoms. The van der Waals surface area contributed by atoms with E-state index in [0.717, 1.165) is 12.1 Å². The van der Waals surface area contributed by atoms with Gasteiger partial charge in [-0.2, -0.15) is 18.4 Å². The van der Waals surface area contributed by atoms with E-state index in [1.807, 2.05) is 12.1 Å². The number of hydrogen-bond donors (Lipinski definition) is 1. The molecule has 2 heterocycles. The molecule has 10 heteroatoms. The third-order valence-electron chi connectivity index (χ3n) is 4.69. The summed E-state index contributed by atoms with van der Waals surface area (Å²) in [5.41, 5.74) is -0.376. The minimum atomic E-state index is -4.61. The molecule has 6 nitrogen and oxygen atoms in total. The molecule has 29 heavy (non-hydrogen) atoms. The van der Waals surface area contributed by atoms with Crippen LogP contribution >= 0.6 is 0 Å². The van der Waals surface area contributed by atoms with Crippen molar-refractivity contribution in [2.45, 2.75) is 30.8 Å². The molecule has 1 aromatic carbocycles. The quantitative estimate of drug-likeness (QED) is 0.795. The predicted molar refractivity (Wildman–Crippen MR) is 101 cm³/mol. The molecule has 0 aliphatic carbocycles. The third-order valence-corrected chi connectivity index (χ3v) is 6.54. The first-order valence-electron chi connectivity index (χ1n) is 8.95. The van der Waals surface area contributed by atoms with Gasteiger partial charge in [-0.3, -0.25) is 0 Å². The van der Waals surface area contributed by atoms with Crippen LogP contribution in [0.3, 0.4) is 0 Å². The molecular formula is C19H19F3N4O2S. The zero-order valence-corrected chi connectivity index (χ0v) is 16.2. The van der Waals surface area contributed by atoms with Crippen LogP contribution in [0, 0.1) is 11.3 Å². The Balaban J connectivity index is 1.65. The average Bonchev–Trinajstić information content (AvgIpc) is 2.68. The fourth-order valence-electron chi connectivity index (χ4n) is 3.17. The Kier molecular flexibility index (Phi) is 6.10. The molecule has 1 saturated heterocycles. The second-order valence-corrected chi connectivity index (χ2v) is 8.73. The lowest BCUT2D eigenvalue weighted by Gasteiger charge is -2.32. The molecule has 1 N–H and O–H groups in total. The second-order valence-electron chi connectivity index (χ2n) is 6.76. The van der Waals surface area contributed by atoms with Gasteiger partial charge >= 0.3 is 6.18 Å². The maximum Gasteiger partial charge on any atom is 0.433 e. The highest BCUT2D eigenvalue weighted by Crippen LogP contribution is 2.30. The number of anilines is 1. The van der Waals surface area contributed by atoms with Crippen molar-refractivity contribution >= 4 is 15.8 Å². The van der Waals surface area contributed by atoms with Crippen LogP contribution in [-0.2, 0) is 22.0 Å². The van der Waals surface area contributed by atoms with Crippen LogP contribution in [0.25, 0.3) is 0 Å². The lowest BCUT2D eigenvalue weighted by atomic mass is 10.1. The third kappa shape index (κ3) is 5.25. The Morgan fingerprint density at radius 1 is 1.14 bits per heavy atom. The summed E-state index contributed by atoms with van der Waals surface area (Å²) in [6, 6.07) is 12.2. The van der Waals surface area contributed by atoms with Crippen LogP contribution < -0.4 is 5.32 Å². The number of benzene rings is 1. The summed E-state index contributed by atoms with van der Waals surface area (Å²) in [6.45, 7) is 0.487. The van der Waals surface area contributed by atoms with E-state index in [4.69, 9.17) is 5.26 Å². The van der Waals surface area contributed by atoms with Crippen molar-refractivity contribution in [3.63, 3.8) is 0 Å². The van der Waals surface area contributed by atoms with E-state index in [1.165, 1.54) is 4.31 Å². The van der Waals surface area contributed by atoms with E-state index < -0.39 is 21.9 Å². The summed E-state index contributed by atoms with van der Waals surface area (Å²) in [5, 5.41) is 12.0. The van der Waals surface area contributed by atoms with E-state index in [-0.39, 0.29) is 36.3 Å². The number of nitrogens with one attached hydrogen (secondary N) is 1. The lowest BCUT2D eigenvalue weighted by molar-refractivity contribution is -0.141. The van der Waals surface area contributed by atoms with Crippen LogP contribution in [0.4, 0.5) is 19.0 Å². The summed E-state index contributed by atoms with van der Waals surface area (Å²) < 4.78 is 65.3. The fourth-order valence-corrected chi connectivity index (χ4v) is 4.73. The van der Waals surface area contributed by atoms with E-state index in [0.29, 0.717) is 18.4 Å². The van der Waals surface area contributed by atoms with Crippen molar-refractivity contribution < 1.29 is 21.6 Å². The average molecular weight is 424 g/mol. The van der Waals surface area contributed by atoms with Gasteiger partial charge in [0.05, 0.1) is 11.3 Å². The van der Waals surface area contributed by atoms with Gasteiger partial charge in [-0.05, 0) is 30.5 Å². The van der Waals surface area contributed by atoms with Gasteiger partial charge in [-0.15, -0.1) is 0 Å². The number of sulfonamides is 1. The Bertz CT molecular complexity index is 996. The number of hydrogen-bond acceptors (Lipinski definition) is 5. The number of pyridine rings is 1. The predicted octanol–water partition coefficient (Wildman–Crippen LogP) is 3.38. The second kappa shape index (κ2) is 8.39. The molecule has 0 bridgehead atoms. The minimum absolute atomic E-state index is 0.0112. The maximum atomic E-state index is 12.9. The number of piperidine rings is 1. The Morgan fingerprint density at radius 3 is 2.38 bits per heavy atom. The monoisotopic (exact) mass is 424 g/mol. The van der Waals surface area contributed by atoms with E-state index >= 15 is 0 Å². The molecular weight excluding hydrogens is 405 g/mol. The van der Waals surface area contributed by atoms with Crippen molar-refractivity contribution in [2.24, 2.45) is 0 Å². The van der Waals surface area contributed by atoms with Gasteiger partial charge in [-0.1, -0.05) is 30.3 Å². The van der Waals surface area contributed by atoms with E-state index in [9.17, 15) is 21.6 Å². The Hall–Kier alpha value is -2.64. The van der Waals surface area contributed by atoms with Gasteiger partial charge in [0.2, 0.25) is 10.0 Å². The molecule has 2 aromatic rings. The first-order valence-corrected chi connectivity index (χ1v) is 10.6. The number of rotatable bonds is 5. The van der Waals surface area contributed by atoms with Gasteiger partial charge in [-0.25, -0.2) is 17.7 Å². The van der Waals surface area contributed by atoms with Crippen molar-refractivity contribution in [3.8, 4) is 6.07 Å². The van der Waals surface area contributed by atoms with Crippen LogP contribution in [0.15, 0.2) is 42.5 Å². The van der Waals surface area contributed by atoms with Crippen LogP contribution in [0.1, 0.15) is 29.7 Å². The molecule has 0 atom stereocenters. The standard InChI is InChI=1S/C19H19F3N4O2S/c20-19(21,22)17-7-6-15(12-23)18(25-17)24-16-8-10-26(11-9-16)29(27,28)13-14-4-2-1-3-5-14/h1-7,16H,8-11,13H2,(H,24,25). The van der Waals surface area contributed by atoms with Crippen molar-refractivity contribution in [1.29, 1.82) is 5.26 Å². The Morgan fingerprint density at radius 2 is 1.79 bits per heavy atom. The molecule has 0 amide bonds. The molecule has 3 rings (SSSR count).